The number of thiazole rings is 2. The van der Waals surface area contributed by atoms with Crippen molar-refractivity contribution in [3.05, 3.63) is 188 Å². The Morgan fingerprint density at radius 3 is 1.40 bits per heavy atom. The summed E-state index contributed by atoms with van der Waals surface area (Å²) in [5, 5.41) is 9.47. The van der Waals surface area contributed by atoms with Gasteiger partial charge in [0, 0.05) is 28.2 Å². The smallest absolute Gasteiger partial charge is 0.124 e. The van der Waals surface area contributed by atoms with Gasteiger partial charge in [-0.1, -0.05) is 127 Å². The normalized spacial score (nSPS) is 11.6. The molecule has 11 rings (SSSR count). The first kappa shape index (κ1) is 31.8. The van der Waals surface area contributed by atoms with Gasteiger partial charge in [0.25, 0.3) is 0 Å². The van der Waals surface area contributed by atoms with Gasteiger partial charge in [0.2, 0.25) is 0 Å². The standard InChI is InChI=1S/C50H31N3S2/c1-3-10-33(11-4-1)49-51-45-30-41(21-25-47(45)54-49)53(42-22-26-48-46(31-42)52-50(55-48)34-12-5-2-6-13-34)40-20-24-44-39(29-40)18-17-38-28-37(19-23-43(38)44)36-16-15-32-9-7-8-14-35(32)27-36/h1-31H. The first-order valence-corrected chi connectivity index (χ1v) is 20.0. The van der Waals surface area contributed by atoms with Crippen LogP contribution in [0, 0.1) is 0 Å². The Kier molecular flexibility index (Phi) is 7.54. The second-order valence-electron chi connectivity index (χ2n) is 13.9. The monoisotopic (exact) mass is 737 g/mol. The molecule has 0 atom stereocenters. The number of nitrogens with zero attached hydrogens (tertiary/aromatic N) is 3. The Balaban J connectivity index is 1.03. The molecule has 5 heteroatoms. The van der Waals surface area contributed by atoms with Crippen molar-refractivity contribution in [2.75, 3.05) is 4.90 Å². The Hall–Kier alpha value is -6.66. The van der Waals surface area contributed by atoms with Crippen LogP contribution in [0.5, 0.6) is 0 Å². The SMILES string of the molecule is c1ccc(-c2nc3cc(N(c4ccc5c(ccc6cc(-c7ccc8ccccc8c7)ccc65)c4)c4ccc5sc(-c6ccccc6)nc5c4)ccc3s2)cc1. The summed E-state index contributed by atoms with van der Waals surface area (Å²) in [5.41, 5.74) is 9.88. The zero-order valence-corrected chi connectivity index (χ0v) is 31.2. The van der Waals surface area contributed by atoms with Crippen LogP contribution < -0.4 is 4.90 Å². The van der Waals surface area contributed by atoms with Gasteiger partial charge in [0.05, 0.1) is 20.4 Å². The van der Waals surface area contributed by atoms with Crippen LogP contribution in [-0.2, 0) is 0 Å². The summed E-state index contributed by atoms with van der Waals surface area (Å²) in [4.78, 5) is 12.6. The van der Waals surface area contributed by atoms with Crippen LogP contribution in [0.4, 0.5) is 17.1 Å². The van der Waals surface area contributed by atoms with Crippen molar-refractivity contribution in [3.63, 3.8) is 0 Å². The minimum Gasteiger partial charge on any atom is -0.310 e. The average molecular weight is 738 g/mol. The van der Waals surface area contributed by atoms with Crippen LogP contribution in [0.3, 0.4) is 0 Å². The molecule has 0 aliphatic rings. The van der Waals surface area contributed by atoms with Crippen molar-refractivity contribution in [2.45, 2.75) is 0 Å². The highest BCUT2D eigenvalue weighted by atomic mass is 32.1. The summed E-state index contributed by atoms with van der Waals surface area (Å²) in [6, 6.07) is 67.6. The zero-order chi connectivity index (χ0) is 36.3. The average Bonchev–Trinajstić information content (AvgIpc) is 3.88. The zero-order valence-electron chi connectivity index (χ0n) is 29.6. The molecule has 0 radical (unpaired) electrons. The van der Waals surface area contributed by atoms with Gasteiger partial charge in [-0.25, -0.2) is 9.97 Å². The van der Waals surface area contributed by atoms with Crippen LogP contribution in [0.15, 0.2) is 188 Å². The summed E-state index contributed by atoms with van der Waals surface area (Å²) in [6.07, 6.45) is 0. The Labute approximate surface area is 326 Å². The van der Waals surface area contributed by atoms with Crippen LogP contribution in [0.2, 0.25) is 0 Å². The van der Waals surface area contributed by atoms with Gasteiger partial charge in [-0.2, -0.15) is 0 Å². The predicted octanol–water partition coefficient (Wildman–Crippen LogP) is 14.8. The van der Waals surface area contributed by atoms with Crippen molar-refractivity contribution in [1.82, 2.24) is 9.97 Å². The van der Waals surface area contributed by atoms with E-state index in [9.17, 15) is 0 Å². The van der Waals surface area contributed by atoms with Gasteiger partial charge in [0.15, 0.2) is 0 Å². The van der Waals surface area contributed by atoms with Crippen molar-refractivity contribution in [2.24, 2.45) is 0 Å². The number of rotatable bonds is 6. The molecular weight excluding hydrogens is 707 g/mol. The van der Waals surface area contributed by atoms with Crippen molar-refractivity contribution in [1.29, 1.82) is 0 Å². The maximum Gasteiger partial charge on any atom is 0.124 e. The number of aromatic nitrogens is 2. The highest BCUT2D eigenvalue weighted by Crippen LogP contribution is 2.42. The Morgan fingerprint density at radius 2 is 0.782 bits per heavy atom. The molecule has 0 amide bonds. The van der Waals surface area contributed by atoms with E-state index in [1.807, 2.05) is 12.1 Å². The summed E-state index contributed by atoms with van der Waals surface area (Å²) in [5.74, 6) is 0. The minimum absolute atomic E-state index is 0.987. The molecule has 2 heterocycles. The molecule has 0 unspecified atom stereocenters. The predicted molar refractivity (Wildman–Crippen MR) is 236 cm³/mol. The van der Waals surface area contributed by atoms with E-state index in [4.69, 9.17) is 9.97 Å². The molecule has 0 saturated heterocycles. The molecule has 9 aromatic carbocycles. The van der Waals surface area contributed by atoms with Gasteiger partial charge < -0.3 is 4.90 Å². The first-order chi connectivity index (χ1) is 27.2. The number of benzene rings is 9. The van der Waals surface area contributed by atoms with E-state index in [2.05, 4.69) is 181 Å². The molecule has 11 aromatic rings. The number of fused-ring (bicyclic) bond motifs is 6. The molecule has 55 heavy (non-hydrogen) atoms. The highest BCUT2D eigenvalue weighted by Gasteiger charge is 2.18. The summed E-state index contributed by atoms with van der Waals surface area (Å²) < 4.78 is 2.33. The first-order valence-electron chi connectivity index (χ1n) is 18.4. The number of anilines is 3. The molecule has 0 fully saturated rings. The van der Waals surface area contributed by atoms with E-state index in [0.29, 0.717) is 0 Å². The third kappa shape index (κ3) is 5.73. The molecule has 0 bridgehead atoms. The fraction of sp³-hybridized carbons (Fsp3) is 0. The lowest BCUT2D eigenvalue weighted by molar-refractivity contribution is 1.29. The topological polar surface area (TPSA) is 29.0 Å². The fourth-order valence-corrected chi connectivity index (χ4v) is 9.61. The second kappa shape index (κ2) is 13.0. The van der Waals surface area contributed by atoms with Gasteiger partial charge in [0.1, 0.15) is 10.0 Å². The minimum atomic E-state index is 0.987. The van der Waals surface area contributed by atoms with Crippen molar-refractivity contribution in [3.8, 4) is 32.3 Å². The molecule has 0 aliphatic carbocycles. The van der Waals surface area contributed by atoms with Gasteiger partial charge >= 0.3 is 0 Å². The third-order valence-corrected chi connectivity index (χ3v) is 12.6. The van der Waals surface area contributed by atoms with E-state index < -0.39 is 0 Å². The summed E-state index contributed by atoms with van der Waals surface area (Å²) in [7, 11) is 0. The van der Waals surface area contributed by atoms with E-state index >= 15 is 0 Å². The largest absolute Gasteiger partial charge is 0.310 e. The lowest BCUT2D eigenvalue weighted by atomic mass is 9.96. The molecular formula is C50H31N3S2. The Bertz CT molecular complexity index is 3100. The van der Waals surface area contributed by atoms with E-state index in [-0.39, 0.29) is 0 Å². The second-order valence-corrected chi connectivity index (χ2v) is 15.9. The lowest BCUT2D eigenvalue weighted by Gasteiger charge is -2.26. The molecule has 0 N–H and O–H groups in total. The maximum atomic E-state index is 5.11. The number of hydrogen-bond donors (Lipinski definition) is 0. The van der Waals surface area contributed by atoms with Crippen LogP contribution >= 0.6 is 22.7 Å². The fourth-order valence-electron chi connectivity index (χ4n) is 7.71. The van der Waals surface area contributed by atoms with Crippen molar-refractivity contribution >= 4 is 92.5 Å². The molecule has 2 aromatic heterocycles. The van der Waals surface area contributed by atoms with Crippen LogP contribution in [-0.4, -0.2) is 9.97 Å². The molecule has 3 nitrogen and oxygen atoms in total. The molecule has 0 spiro atoms. The molecule has 258 valence electrons. The molecule has 0 aliphatic heterocycles. The van der Waals surface area contributed by atoms with Gasteiger partial charge in [-0.3, -0.25) is 0 Å². The lowest BCUT2D eigenvalue weighted by Crippen LogP contribution is -2.09. The quantitative estimate of drug-likeness (QED) is 0.159. The Morgan fingerprint density at radius 1 is 0.327 bits per heavy atom. The number of hydrogen-bond acceptors (Lipinski definition) is 5. The molecule has 0 saturated carbocycles. The van der Waals surface area contributed by atoms with E-state index in [1.54, 1.807) is 22.7 Å². The highest BCUT2D eigenvalue weighted by molar-refractivity contribution is 7.22. The van der Waals surface area contributed by atoms with E-state index in [0.717, 1.165) is 58.6 Å². The van der Waals surface area contributed by atoms with Gasteiger partial charge in [-0.15, -0.1) is 22.7 Å². The maximum absolute atomic E-state index is 5.11. The van der Waals surface area contributed by atoms with Gasteiger partial charge in [-0.05, 0) is 104 Å². The summed E-state index contributed by atoms with van der Waals surface area (Å²) in [6.45, 7) is 0. The third-order valence-electron chi connectivity index (χ3n) is 10.5. The van der Waals surface area contributed by atoms with Crippen LogP contribution in [0.1, 0.15) is 0 Å². The van der Waals surface area contributed by atoms with E-state index in [1.165, 1.54) is 43.4 Å². The van der Waals surface area contributed by atoms with Crippen molar-refractivity contribution < 1.29 is 0 Å². The summed E-state index contributed by atoms with van der Waals surface area (Å²) >= 11 is 3.46. The van der Waals surface area contributed by atoms with Crippen LogP contribution in [0.25, 0.3) is 85.0 Å².